The van der Waals surface area contributed by atoms with Gasteiger partial charge < -0.3 is 9.64 Å². The number of nitrogens with zero attached hydrogens (tertiary/aromatic N) is 1. The number of rotatable bonds is 5. The first-order valence-corrected chi connectivity index (χ1v) is 10.9. The molecular formula is C24H37NO. The largest absolute Gasteiger partial charge is 0.492 e. The summed E-state index contributed by atoms with van der Waals surface area (Å²) in [5, 5.41) is 0. The smallest absolute Gasteiger partial charge is 0.119 e. The highest BCUT2D eigenvalue weighted by Gasteiger charge is 2.53. The third kappa shape index (κ3) is 3.09. The van der Waals surface area contributed by atoms with Gasteiger partial charge in [0.05, 0.1) is 0 Å². The van der Waals surface area contributed by atoms with Crippen molar-refractivity contribution in [2.75, 3.05) is 27.2 Å². The van der Waals surface area contributed by atoms with Gasteiger partial charge in [0.25, 0.3) is 0 Å². The van der Waals surface area contributed by atoms with Crippen LogP contribution in [0.4, 0.5) is 0 Å². The lowest BCUT2D eigenvalue weighted by Gasteiger charge is -2.51. The van der Waals surface area contributed by atoms with Gasteiger partial charge >= 0.3 is 0 Å². The monoisotopic (exact) mass is 355 g/mol. The Morgan fingerprint density at radius 2 is 2.00 bits per heavy atom. The molecule has 144 valence electrons. The number of ether oxygens (including phenoxy) is 1. The van der Waals surface area contributed by atoms with Crippen LogP contribution in [-0.4, -0.2) is 32.1 Å². The predicted octanol–water partition coefficient (Wildman–Crippen LogP) is 5.51. The summed E-state index contributed by atoms with van der Waals surface area (Å²) in [5.41, 5.74) is 3.85. The third-order valence-corrected chi connectivity index (χ3v) is 8.19. The Morgan fingerprint density at radius 1 is 1.15 bits per heavy atom. The van der Waals surface area contributed by atoms with Gasteiger partial charge in [0.1, 0.15) is 12.4 Å². The molecule has 2 heteroatoms. The molecule has 1 aromatic carbocycles. The van der Waals surface area contributed by atoms with E-state index in [1.165, 1.54) is 44.9 Å². The maximum atomic E-state index is 5.99. The van der Waals surface area contributed by atoms with Gasteiger partial charge in [-0.1, -0.05) is 26.3 Å². The van der Waals surface area contributed by atoms with Crippen molar-refractivity contribution in [1.82, 2.24) is 4.90 Å². The van der Waals surface area contributed by atoms with Gasteiger partial charge in [-0.3, -0.25) is 0 Å². The quantitative estimate of drug-likeness (QED) is 0.690. The number of hydrogen-bond acceptors (Lipinski definition) is 2. The molecule has 0 N–H and O–H groups in total. The number of likely N-dealkylation sites (N-methyl/N-ethyl adjacent to an activating group) is 1. The average molecular weight is 356 g/mol. The number of aryl methyl sites for hydroxylation is 1. The van der Waals surface area contributed by atoms with Crippen LogP contribution in [0.2, 0.25) is 0 Å². The fraction of sp³-hybridized carbons (Fsp3) is 0.750. The second-order valence-corrected chi connectivity index (χ2v) is 9.65. The van der Waals surface area contributed by atoms with E-state index in [0.717, 1.165) is 42.6 Å². The van der Waals surface area contributed by atoms with Gasteiger partial charge in [-0.05, 0) is 105 Å². The highest BCUT2D eigenvalue weighted by Crippen LogP contribution is 2.63. The molecule has 0 aliphatic heterocycles. The lowest BCUT2D eigenvalue weighted by Crippen LogP contribution is -2.42. The van der Waals surface area contributed by atoms with E-state index in [2.05, 4.69) is 51.0 Å². The molecule has 0 bridgehead atoms. The normalized spacial score (nSPS) is 35.7. The summed E-state index contributed by atoms with van der Waals surface area (Å²) < 4.78 is 5.99. The van der Waals surface area contributed by atoms with Crippen LogP contribution >= 0.6 is 0 Å². The minimum absolute atomic E-state index is 0.628. The second kappa shape index (κ2) is 7.19. The summed E-state index contributed by atoms with van der Waals surface area (Å²) in [6.07, 6.45) is 9.85. The van der Waals surface area contributed by atoms with E-state index in [4.69, 9.17) is 4.74 Å². The van der Waals surface area contributed by atoms with E-state index in [1.807, 2.05) is 0 Å². The first kappa shape index (κ1) is 18.3. The fourth-order valence-electron chi connectivity index (χ4n) is 6.77. The van der Waals surface area contributed by atoms with Crippen LogP contribution in [0.5, 0.6) is 5.75 Å². The number of benzene rings is 1. The molecule has 0 aromatic heterocycles. The van der Waals surface area contributed by atoms with Crippen molar-refractivity contribution in [2.45, 2.75) is 64.7 Å². The number of hydrogen-bond donors (Lipinski definition) is 0. The Bertz CT molecular complexity index is 639. The van der Waals surface area contributed by atoms with E-state index in [-0.39, 0.29) is 0 Å². The van der Waals surface area contributed by atoms with Gasteiger partial charge in [0.15, 0.2) is 0 Å². The van der Waals surface area contributed by atoms with Crippen LogP contribution in [0.1, 0.15) is 69.4 Å². The van der Waals surface area contributed by atoms with Gasteiger partial charge in [0.2, 0.25) is 0 Å². The standard InChI is InChI=1S/C24H37NO/c1-5-18-7-11-23-22-9-6-17-16-19(26-15-14-25(3)4)8-10-20(17)21(22)12-13-24(18,23)2/h8,10,16,18,21-23H,5-7,9,11-15H2,1-4H3/t18-,21+,22+,23-,24+/m0/s1. The van der Waals surface area contributed by atoms with Crippen molar-refractivity contribution >= 4 is 0 Å². The molecule has 5 atom stereocenters. The SMILES string of the molecule is CC[C@H]1CC[C@H]2[C@@H]3CCc4cc(OCCN(C)C)ccc4[C@H]3CC[C@]12C. The zero-order valence-corrected chi connectivity index (χ0v) is 17.3. The van der Waals surface area contributed by atoms with Crippen molar-refractivity contribution in [3.63, 3.8) is 0 Å². The Morgan fingerprint density at radius 3 is 2.77 bits per heavy atom. The molecule has 0 amide bonds. The molecule has 1 aromatic rings. The highest BCUT2D eigenvalue weighted by molar-refractivity contribution is 5.40. The molecule has 0 heterocycles. The Hall–Kier alpha value is -1.02. The molecule has 4 rings (SSSR count). The minimum Gasteiger partial charge on any atom is -0.492 e. The predicted molar refractivity (Wildman–Crippen MR) is 109 cm³/mol. The Balaban J connectivity index is 1.51. The molecule has 2 saturated carbocycles. The summed E-state index contributed by atoms with van der Waals surface area (Å²) >= 11 is 0. The van der Waals surface area contributed by atoms with Crippen LogP contribution in [0.15, 0.2) is 18.2 Å². The van der Waals surface area contributed by atoms with E-state index >= 15 is 0 Å². The topological polar surface area (TPSA) is 12.5 Å². The molecule has 0 radical (unpaired) electrons. The summed E-state index contributed by atoms with van der Waals surface area (Å²) in [4.78, 5) is 2.17. The van der Waals surface area contributed by atoms with Crippen molar-refractivity contribution in [1.29, 1.82) is 0 Å². The molecule has 3 aliphatic carbocycles. The zero-order chi connectivity index (χ0) is 18.3. The Labute approximate surface area is 160 Å². The summed E-state index contributed by atoms with van der Waals surface area (Å²) in [6.45, 7) is 6.79. The van der Waals surface area contributed by atoms with E-state index < -0.39 is 0 Å². The van der Waals surface area contributed by atoms with E-state index in [9.17, 15) is 0 Å². The van der Waals surface area contributed by atoms with Gasteiger partial charge in [-0.15, -0.1) is 0 Å². The van der Waals surface area contributed by atoms with Crippen molar-refractivity contribution in [2.24, 2.45) is 23.2 Å². The fourth-order valence-corrected chi connectivity index (χ4v) is 6.77. The minimum atomic E-state index is 0.628. The molecule has 26 heavy (non-hydrogen) atoms. The van der Waals surface area contributed by atoms with Gasteiger partial charge in [-0.2, -0.15) is 0 Å². The zero-order valence-electron chi connectivity index (χ0n) is 17.3. The molecule has 0 saturated heterocycles. The van der Waals surface area contributed by atoms with Crippen LogP contribution in [0.25, 0.3) is 0 Å². The van der Waals surface area contributed by atoms with Crippen LogP contribution in [-0.2, 0) is 6.42 Å². The van der Waals surface area contributed by atoms with E-state index in [0.29, 0.717) is 5.41 Å². The van der Waals surface area contributed by atoms with Crippen LogP contribution in [0.3, 0.4) is 0 Å². The molecule has 2 nitrogen and oxygen atoms in total. The average Bonchev–Trinajstić information content (AvgIpc) is 2.97. The maximum Gasteiger partial charge on any atom is 0.119 e. The molecule has 0 unspecified atom stereocenters. The van der Waals surface area contributed by atoms with Crippen molar-refractivity contribution in [3.8, 4) is 5.75 Å². The molecule has 2 fully saturated rings. The van der Waals surface area contributed by atoms with Gasteiger partial charge in [-0.25, -0.2) is 0 Å². The molecule has 0 spiro atoms. The lowest BCUT2D eigenvalue weighted by atomic mass is 9.54. The second-order valence-electron chi connectivity index (χ2n) is 9.65. The molecule has 3 aliphatic rings. The van der Waals surface area contributed by atoms with Crippen molar-refractivity contribution < 1.29 is 4.74 Å². The van der Waals surface area contributed by atoms with Crippen LogP contribution in [0, 0.1) is 23.2 Å². The molecular weight excluding hydrogens is 318 g/mol. The van der Waals surface area contributed by atoms with E-state index in [1.54, 1.807) is 11.1 Å². The Kier molecular flexibility index (Phi) is 5.07. The van der Waals surface area contributed by atoms with Gasteiger partial charge in [0, 0.05) is 6.54 Å². The third-order valence-electron chi connectivity index (χ3n) is 8.19. The maximum absolute atomic E-state index is 5.99. The lowest BCUT2D eigenvalue weighted by molar-refractivity contribution is 0.0273. The highest BCUT2D eigenvalue weighted by atomic mass is 16.5. The number of fused-ring (bicyclic) bond motifs is 5. The first-order valence-electron chi connectivity index (χ1n) is 10.9. The van der Waals surface area contributed by atoms with Crippen molar-refractivity contribution in [3.05, 3.63) is 29.3 Å². The summed E-state index contributed by atoms with van der Waals surface area (Å²) in [7, 11) is 4.19. The van der Waals surface area contributed by atoms with Crippen LogP contribution < -0.4 is 4.74 Å². The summed E-state index contributed by atoms with van der Waals surface area (Å²) in [6, 6.07) is 6.98. The summed E-state index contributed by atoms with van der Waals surface area (Å²) in [5.74, 6) is 4.75. The first-order chi connectivity index (χ1) is 12.5.